The van der Waals surface area contributed by atoms with Crippen LogP contribution in [0.25, 0.3) is 0 Å². The standard InChI is InChI=1S/C12H14BrClO5S/c1-7(6-18-3)19-12(15)10-4-9(13)5-11(8(10)2)20(14,16)17/h4-5,7H,6H2,1-3H3. The second-order valence-corrected chi connectivity index (χ2v) is 7.64. The predicted octanol–water partition coefficient (Wildman–Crippen LogP) is 2.88. The van der Waals surface area contributed by atoms with Crippen molar-refractivity contribution in [2.45, 2.75) is 24.8 Å². The highest BCUT2D eigenvalue weighted by atomic mass is 79.9. The minimum atomic E-state index is -3.94. The number of carbonyl (C=O) groups is 1. The maximum absolute atomic E-state index is 12.0. The first-order valence-corrected chi connectivity index (χ1v) is 8.71. The smallest absolute Gasteiger partial charge is 0.338 e. The van der Waals surface area contributed by atoms with Gasteiger partial charge in [0.15, 0.2) is 0 Å². The molecule has 1 aromatic rings. The van der Waals surface area contributed by atoms with E-state index < -0.39 is 21.1 Å². The van der Waals surface area contributed by atoms with Crippen molar-refractivity contribution in [3.05, 3.63) is 27.7 Å². The fourth-order valence-corrected chi connectivity index (χ4v) is 3.47. The van der Waals surface area contributed by atoms with Crippen LogP contribution in [0.4, 0.5) is 0 Å². The molecule has 1 unspecified atom stereocenters. The minimum absolute atomic E-state index is 0.125. The van der Waals surface area contributed by atoms with Gasteiger partial charge in [0.25, 0.3) is 9.05 Å². The topological polar surface area (TPSA) is 69.7 Å². The van der Waals surface area contributed by atoms with Crippen LogP contribution in [-0.4, -0.2) is 34.2 Å². The van der Waals surface area contributed by atoms with E-state index in [1.54, 1.807) is 6.92 Å². The summed E-state index contributed by atoms with van der Waals surface area (Å²) in [6.07, 6.45) is -0.443. The number of hydrogen-bond donors (Lipinski definition) is 0. The number of halogens is 2. The molecule has 1 atom stereocenters. The van der Waals surface area contributed by atoms with Crippen LogP contribution >= 0.6 is 26.6 Å². The number of benzene rings is 1. The van der Waals surface area contributed by atoms with E-state index in [0.29, 0.717) is 4.47 Å². The van der Waals surface area contributed by atoms with Gasteiger partial charge in [0.1, 0.15) is 6.10 Å². The van der Waals surface area contributed by atoms with Crippen molar-refractivity contribution < 1.29 is 22.7 Å². The average Bonchev–Trinajstić information content (AvgIpc) is 2.30. The fraction of sp³-hybridized carbons (Fsp3) is 0.417. The van der Waals surface area contributed by atoms with Gasteiger partial charge < -0.3 is 9.47 Å². The minimum Gasteiger partial charge on any atom is -0.457 e. The Balaban J connectivity index is 3.19. The Kier molecular flexibility index (Phi) is 6.00. The van der Waals surface area contributed by atoms with Gasteiger partial charge in [-0.05, 0) is 31.5 Å². The van der Waals surface area contributed by atoms with E-state index in [0.717, 1.165) is 0 Å². The third-order valence-electron chi connectivity index (χ3n) is 2.52. The molecular formula is C12H14BrClO5S. The van der Waals surface area contributed by atoms with Crippen LogP contribution in [0.5, 0.6) is 0 Å². The quantitative estimate of drug-likeness (QED) is 0.576. The molecule has 1 rings (SSSR count). The predicted molar refractivity (Wildman–Crippen MR) is 78.7 cm³/mol. The van der Waals surface area contributed by atoms with Crippen LogP contribution in [0.1, 0.15) is 22.8 Å². The van der Waals surface area contributed by atoms with E-state index in [1.165, 1.54) is 26.2 Å². The molecule has 0 fully saturated rings. The van der Waals surface area contributed by atoms with E-state index in [9.17, 15) is 13.2 Å². The molecule has 0 aliphatic rings. The zero-order valence-corrected chi connectivity index (χ0v) is 14.3. The zero-order valence-electron chi connectivity index (χ0n) is 11.1. The van der Waals surface area contributed by atoms with Gasteiger partial charge in [-0.15, -0.1) is 0 Å². The number of ether oxygens (including phenoxy) is 2. The van der Waals surface area contributed by atoms with Gasteiger partial charge in [0.05, 0.1) is 17.1 Å². The van der Waals surface area contributed by atoms with Gasteiger partial charge in [-0.1, -0.05) is 15.9 Å². The van der Waals surface area contributed by atoms with Crippen LogP contribution < -0.4 is 0 Å². The Morgan fingerprint density at radius 3 is 2.55 bits per heavy atom. The molecule has 0 N–H and O–H groups in total. The summed E-state index contributed by atoms with van der Waals surface area (Å²) in [5, 5.41) is 0. The SMILES string of the molecule is COCC(C)OC(=O)c1cc(Br)cc(S(=O)(=O)Cl)c1C. The zero-order chi connectivity index (χ0) is 15.5. The maximum Gasteiger partial charge on any atom is 0.338 e. The molecule has 0 heterocycles. The molecule has 1 aromatic carbocycles. The Hall–Kier alpha value is -0.630. The first-order chi connectivity index (χ1) is 9.16. The lowest BCUT2D eigenvalue weighted by atomic mass is 10.1. The highest BCUT2D eigenvalue weighted by molar-refractivity contribution is 9.10. The molecule has 0 radical (unpaired) electrons. The normalized spacial score (nSPS) is 13.1. The van der Waals surface area contributed by atoms with E-state index >= 15 is 0 Å². The van der Waals surface area contributed by atoms with Crippen LogP contribution in [0.15, 0.2) is 21.5 Å². The Morgan fingerprint density at radius 1 is 1.45 bits per heavy atom. The fourth-order valence-electron chi connectivity index (χ4n) is 1.63. The summed E-state index contributed by atoms with van der Waals surface area (Å²) >= 11 is 3.15. The molecule has 20 heavy (non-hydrogen) atoms. The van der Waals surface area contributed by atoms with Crippen LogP contribution in [0.3, 0.4) is 0 Å². The third kappa shape index (κ3) is 4.44. The highest BCUT2D eigenvalue weighted by Gasteiger charge is 2.22. The summed E-state index contributed by atoms with van der Waals surface area (Å²) in [6.45, 7) is 3.42. The van der Waals surface area contributed by atoms with Gasteiger partial charge in [-0.3, -0.25) is 0 Å². The van der Waals surface area contributed by atoms with Crippen molar-refractivity contribution in [3.63, 3.8) is 0 Å². The van der Waals surface area contributed by atoms with Gasteiger partial charge in [-0.2, -0.15) is 0 Å². The lowest BCUT2D eigenvalue weighted by molar-refractivity contribution is 0.0119. The summed E-state index contributed by atoms with van der Waals surface area (Å²) in [5.74, 6) is -0.630. The molecular weight excluding hydrogens is 372 g/mol. The van der Waals surface area contributed by atoms with Crippen molar-refractivity contribution in [2.24, 2.45) is 0 Å². The highest BCUT2D eigenvalue weighted by Crippen LogP contribution is 2.27. The summed E-state index contributed by atoms with van der Waals surface area (Å²) in [4.78, 5) is 11.9. The Labute approximate surface area is 130 Å². The first-order valence-electron chi connectivity index (χ1n) is 5.61. The van der Waals surface area contributed by atoms with Gasteiger partial charge >= 0.3 is 5.97 Å². The van der Waals surface area contributed by atoms with Crippen LogP contribution in [-0.2, 0) is 18.5 Å². The Morgan fingerprint density at radius 2 is 2.05 bits per heavy atom. The second-order valence-electron chi connectivity index (χ2n) is 4.19. The van der Waals surface area contributed by atoms with Crippen LogP contribution in [0, 0.1) is 6.92 Å². The molecule has 0 bridgehead atoms. The average molecular weight is 386 g/mol. The molecule has 8 heteroatoms. The lowest BCUT2D eigenvalue weighted by Gasteiger charge is -2.14. The molecule has 0 aliphatic carbocycles. The van der Waals surface area contributed by atoms with E-state index in [2.05, 4.69) is 15.9 Å². The molecule has 112 valence electrons. The van der Waals surface area contributed by atoms with Crippen molar-refractivity contribution in [1.82, 2.24) is 0 Å². The number of esters is 1. The summed E-state index contributed by atoms with van der Waals surface area (Å²) in [6, 6.07) is 2.83. The number of rotatable bonds is 5. The van der Waals surface area contributed by atoms with Gasteiger partial charge in [-0.25, -0.2) is 13.2 Å². The van der Waals surface area contributed by atoms with Crippen LogP contribution in [0.2, 0.25) is 0 Å². The number of carbonyl (C=O) groups excluding carboxylic acids is 1. The van der Waals surface area contributed by atoms with E-state index in [1.807, 2.05) is 0 Å². The molecule has 0 spiro atoms. The summed E-state index contributed by atoms with van der Waals surface area (Å²) in [7, 11) is 2.90. The van der Waals surface area contributed by atoms with E-state index in [-0.39, 0.29) is 22.6 Å². The molecule has 0 aromatic heterocycles. The number of methoxy groups -OCH3 is 1. The molecule has 0 saturated carbocycles. The van der Waals surface area contributed by atoms with Crippen molar-refractivity contribution in [3.8, 4) is 0 Å². The Bertz CT molecular complexity index is 615. The summed E-state index contributed by atoms with van der Waals surface area (Å²) in [5.41, 5.74) is 0.388. The lowest BCUT2D eigenvalue weighted by Crippen LogP contribution is -2.20. The molecule has 5 nitrogen and oxygen atoms in total. The van der Waals surface area contributed by atoms with E-state index in [4.69, 9.17) is 20.2 Å². The molecule has 0 amide bonds. The number of hydrogen-bond acceptors (Lipinski definition) is 5. The van der Waals surface area contributed by atoms with Crippen molar-refractivity contribution >= 4 is 41.6 Å². The van der Waals surface area contributed by atoms with Gasteiger partial charge in [0, 0.05) is 22.3 Å². The first kappa shape index (κ1) is 17.4. The third-order valence-corrected chi connectivity index (χ3v) is 4.42. The summed E-state index contributed by atoms with van der Waals surface area (Å²) < 4.78 is 33.4. The molecule has 0 saturated heterocycles. The largest absolute Gasteiger partial charge is 0.457 e. The second kappa shape index (κ2) is 6.89. The van der Waals surface area contributed by atoms with Crippen molar-refractivity contribution in [1.29, 1.82) is 0 Å². The molecule has 0 aliphatic heterocycles. The van der Waals surface area contributed by atoms with Crippen molar-refractivity contribution in [2.75, 3.05) is 13.7 Å². The van der Waals surface area contributed by atoms with Gasteiger partial charge in [0.2, 0.25) is 0 Å². The maximum atomic E-state index is 12.0. The monoisotopic (exact) mass is 384 g/mol.